The number of hydrogen-bond acceptors (Lipinski definition) is 0. The Kier molecular flexibility index (Phi) is 33.4. The van der Waals surface area contributed by atoms with Gasteiger partial charge >= 0.3 is 0 Å². The van der Waals surface area contributed by atoms with Crippen LogP contribution in [0.2, 0.25) is 0 Å². The van der Waals surface area contributed by atoms with Crippen LogP contribution in [0.25, 0.3) is 0 Å². The highest BCUT2D eigenvalue weighted by Gasteiger charge is 2.16. The molecule has 0 spiro atoms. The fourth-order valence-electron chi connectivity index (χ4n) is 7.39. The standard InChI is InChI=1S/C44H87N2/c1-4-7-10-13-15-17-19-21-23-25-27-29-31-33-35-38-41-46-43-42-45(40-37-12-9-6-3)44(46)39-36-34-32-30-28-26-24-22-20-18-16-14-11-8-5-2/h42-43H,4-41H2,1-3H3/q+1. The number of unbranched alkanes of at least 4 members (excludes halogenated alkanes) is 32. The Morgan fingerprint density at radius 1 is 0.370 bits per heavy atom. The third kappa shape index (κ3) is 27.2. The van der Waals surface area contributed by atoms with Crippen LogP contribution in [-0.4, -0.2) is 4.57 Å². The fourth-order valence-corrected chi connectivity index (χ4v) is 7.39. The Bertz CT molecular complexity index is 707. The highest BCUT2D eigenvalue weighted by molar-refractivity contribution is 4.84. The molecule has 1 rings (SSSR count). The van der Waals surface area contributed by atoms with Crippen LogP contribution in [0.3, 0.4) is 0 Å². The van der Waals surface area contributed by atoms with Crippen LogP contribution in [-0.2, 0) is 19.5 Å². The summed E-state index contributed by atoms with van der Waals surface area (Å²) in [5.74, 6) is 1.62. The summed E-state index contributed by atoms with van der Waals surface area (Å²) in [6.07, 6.45) is 56.4. The van der Waals surface area contributed by atoms with Crippen molar-refractivity contribution in [1.29, 1.82) is 0 Å². The van der Waals surface area contributed by atoms with Crippen molar-refractivity contribution in [2.24, 2.45) is 0 Å². The first kappa shape index (κ1) is 43.2. The average molecular weight is 644 g/mol. The van der Waals surface area contributed by atoms with Gasteiger partial charge in [-0.1, -0.05) is 213 Å². The lowest BCUT2D eigenvalue weighted by Gasteiger charge is -2.07. The van der Waals surface area contributed by atoms with Gasteiger partial charge in [0.15, 0.2) is 0 Å². The molecule has 0 radical (unpaired) electrons. The lowest BCUT2D eigenvalue weighted by Crippen LogP contribution is -2.37. The molecule has 0 aliphatic rings. The van der Waals surface area contributed by atoms with Gasteiger partial charge in [-0.25, -0.2) is 9.13 Å². The Hall–Kier alpha value is -0.790. The first-order chi connectivity index (χ1) is 22.8. The smallest absolute Gasteiger partial charge is 0.234 e. The van der Waals surface area contributed by atoms with Crippen molar-refractivity contribution in [1.82, 2.24) is 4.57 Å². The largest absolute Gasteiger partial charge is 0.256 e. The molecule has 1 heterocycles. The summed E-state index contributed by atoms with van der Waals surface area (Å²) in [7, 11) is 0. The van der Waals surface area contributed by atoms with Crippen molar-refractivity contribution >= 4 is 0 Å². The Balaban J connectivity index is 2.13. The summed E-state index contributed by atoms with van der Waals surface area (Å²) in [6.45, 7) is 9.40. The zero-order chi connectivity index (χ0) is 33.0. The van der Waals surface area contributed by atoms with E-state index in [0.29, 0.717) is 0 Å². The molecule has 0 N–H and O–H groups in total. The van der Waals surface area contributed by atoms with Gasteiger partial charge in [-0.05, 0) is 32.1 Å². The SMILES string of the molecule is CCCCCCCCCCCCCCCCCC[n+]1ccn(CCCCCC)c1CCCCCCCCCCCCCCCCC. The fraction of sp³-hybridized carbons (Fsp3) is 0.932. The maximum absolute atomic E-state index is 2.63. The van der Waals surface area contributed by atoms with Gasteiger partial charge in [-0.2, -0.15) is 0 Å². The summed E-state index contributed by atoms with van der Waals surface area (Å²) in [4.78, 5) is 0. The molecular formula is C44H87N2+. The number of imidazole rings is 1. The van der Waals surface area contributed by atoms with E-state index in [2.05, 4.69) is 42.3 Å². The van der Waals surface area contributed by atoms with E-state index in [1.54, 1.807) is 5.82 Å². The molecule has 0 bridgehead atoms. The van der Waals surface area contributed by atoms with Crippen LogP contribution in [0.15, 0.2) is 12.4 Å². The van der Waals surface area contributed by atoms with Crippen molar-refractivity contribution in [3.05, 3.63) is 18.2 Å². The molecular weight excluding hydrogens is 556 g/mol. The minimum Gasteiger partial charge on any atom is -0.234 e. The molecule has 0 fully saturated rings. The van der Waals surface area contributed by atoms with E-state index in [9.17, 15) is 0 Å². The number of nitrogens with zero attached hydrogens (tertiary/aromatic N) is 2. The van der Waals surface area contributed by atoms with Crippen molar-refractivity contribution in [2.45, 2.75) is 265 Å². The third-order valence-electron chi connectivity index (χ3n) is 10.6. The maximum atomic E-state index is 2.63. The van der Waals surface area contributed by atoms with Gasteiger partial charge in [-0.15, -0.1) is 0 Å². The van der Waals surface area contributed by atoms with Gasteiger partial charge in [0.25, 0.3) is 5.82 Å². The van der Waals surface area contributed by atoms with E-state index >= 15 is 0 Å². The normalized spacial score (nSPS) is 11.6. The first-order valence-corrected chi connectivity index (χ1v) is 21.9. The van der Waals surface area contributed by atoms with Crippen molar-refractivity contribution in [3.63, 3.8) is 0 Å². The Morgan fingerprint density at radius 2 is 0.674 bits per heavy atom. The lowest BCUT2D eigenvalue weighted by atomic mass is 10.0. The molecule has 2 nitrogen and oxygen atoms in total. The van der Waals surface area contributed by atoms with Gasteiger partial charge in [-0.3, -0.25) is 0 Å². The number of aryl methyl sites for hydroxylation is 2. The van der Waals surface area contributed by atoms with Gasteiger partial charge in [0.05, 0.1) is 13.1 Å². The minimum absolute atomic E-state index is 1.22. The van der Waals surface area contributed by atoms with Crippen LogP contribution in [0.5, 0.6) is 0 Å². The van der Waals surface area contributed by atoms with Crippen molar-refractivity contribution in [3.8, 4) is 0 Å². The molecule has 1 aromatic rings. The Labute approximate surface area is 291 Å². The molecule has 0 aromatic carbocycles. The van der Waals surface area contributed by atoms with Gasteiger partial charge < -0.3 is 0 Å². The summed E-state index contributed by atoms with van der Waals surface area (Å²) < 4.78 is 5.25. The summed E-state index contributed by atoms with van der Waals surface area (Å²) >= 11 is 0. The van der Waals surface area contributed by atoms with Crippen LogP contribution in [0, 0.1) is 0 Å². The van der Waals surface area contributed by atoms with Gasteiger partial charge in [0.1, 0.15) is 12.4 Å². The maximum Gasteiger partial charge on any atom is 0.256 e. The Morgan fingerprint density at radius 3 is 1.04 bits per heavy atom. The molecule has 0 saturated heterocycles. The molecule has 0 amide bonds. The zero-order valence-corrected chi connectivity index (χ0v) is 32.4. The van der Waals surface area contributed by atoms with E-state index in [-0.39, 0.29) is 0 Å². The van der Waals surface area contributed by atoms with Gasteiger partial charge in [0, 0.05) is 6.42 Å². The van der Waals surface area contributed by atoms with Crippen LogP contribution in [0.4, 0.5) is 0 Å². The molecule has 0 unspecified atom stereocenters. The molecule has 272 valence electrons. The number of rotatable bonds is 38. The minimum atomic E-state index is 1.22. The van der Waals surface area contributed by atoms with Crippen molar-refractivity contribution < 1.29 is 4.57 Å². The monoisotopic (exact) mass is 644 g/mol. The topological polar surface area (TPSA) is 8.81 Å². The predicted molar refractivity (Wildman–Crippen MR) is 207 cm³/mol. The van der Waals surface area contributed by atoms with E-state index in [1.807, 2.05) is 0 Å². The number of aromatic nitrogens is 2. The van der Waals surface area contributed by atoms with Crippen LogP contribution < -0.4 is 4.57 Å². The lowest BCUT2D eigenvalue weighted by molar-refractivity contribution is -0.704. The second-order valence-corrected chi connectivity index (χ2v) is 15.2. The highest BCUT2D eigenvalue weighted by atomic mass is 15.1. The van der Waals surface area contributed by atoms with E-state index in [0.717, 1.165) is 0 Å². The summed E-state index contributed by atoms with van der Waals surface area (Å²) in [6, 6.07) is 0. The molecule has 46 heavy (non-hydrogen) atoms. The highest BCUT2D eigenvalue weighted by Crippen LogP contribution is 2.16. The third-order valence-corrected chi connectivity index (χ3v) is 10.6. The molecule has 0 atom stereocenters. The average Bonchev–Trinajstić information content (AvgIpc) is 3.45. The van der Waals surface area contributed by atoms with Crippen LogP contribution >= 0.6 is 0 Å². The molecule has 1 aromatic heterocycles. The summed E-state index contributed by atoms with van der Waals surface area (Å²) in [5, 5.41) is 0. The summed E-state index contributed by atoms with van der Waals surface area (Å²) in [5.41, 5.74) is 0. The van der Waals surface area contributed by atoms with E-state index in [1.165, 1.54) is 244 Å². The molecule has 0 aliphatic heterocycles. The molecule has 0 saturated carbocycles. The van der Waals surface area contributed by atoms with Gasteiger partial charge in [0.2, 0.25) is 0 Å². The predicted octanol–water partition coefficient (Wildman–Crippen LogP) is 15.0. The quantitative estimate of drug-likeness (QED) is 0.0501. The van der Waals surface area contributed by atoms with Crippen LogP contribution in [0.1, 0.15) is 251 Å². The first-order valence-electron chi connectivity index (χ1n) is 21.9. The molecule has 0 aliphatic carbocycles. The van der Waals surface area contributed by atoms with E-state index < -0.39 is 0 Å². The van der Waals surface area contributed by atoms with E-state index in [4.69, 9.17) is 0 Å². The van der Waals surface area contributed by atoms with Crippen molar-refractivity contribution in [2.75, 3.05) is 0 Å². The number of hydrogen-bond donors (Lipinski definition) is 0. The molecule has 2 heteroatoms. The second kappa shape index (κ2) is 35.5. The zero-order valence-electron chi connectivity index (χ0n) is 32.4. The second-order valence-electron chi connectivity index (χ2n) is 15.2.